The highest BCUT2D eigenvalue weighted by Gasteiger charge is 2.16. The van der Waals surface area contributed by atoms with E-state index in [2.05, 4.69) is 15.4 Å². The van der Waals surface area contributed by atoms with Gasteiger partial charge in [-0.15, -0.1) is 0 Å². The van der Waals surface area contributed by atoms with E-state index in [0.29, 0.717) is 11.9 Å². The lowest BCUT2D eigenvalue weighted by molar-refractivity contribution is -0.122. The number of amides is 1. The average Bonchev–Trinajstić information content (AvgIpc) is 2.78. The van der Waals surface area contributed by atoms with E-state index in [1.165, 1.54) is 23.9 Å². The van der Waals surface area contributed by atoms with Crippen LogP contribution in [0.25, 0.3) is 0 Å². The highest BCUT2D eigenvalue weighted by Crippen LogP contribution is 2.17. The fourth-order valence-electron chi connectivity index (χ4n) is 2.26. The predicted octanol–water partition coefficient (Wildman–Crippen LogP) is 0.747. The highest BCUT2D eigenvalue weighted by atomic mass is 16.2. The van der Waals surface area contributed by atoms with Crippen molar-refractivity contribution in [3.8, 4) is 0 Å². The van der Waals surface area contributed by atoms with Crippen molar-refractivity contribution < 1.29 is 4.79 Å². The molecule has 1 aromatic heterocycles. The molecule has 1 heterocycles. The van der Waals surface area contributed by atoms with Gasteiger partial charge in [-0.25, -0.2) is 9.67 Å². The van der Waals surface area contributed by atoms with E-state index in [1.54, 1.807) is 6.33 Å². The Morgan fingerprint density at radius 1 is 1.56 bits per heavy atom. The summed E-state index contributed by atoms with van der Waals surface area (Å²) in [6.07, 6.45) is 7.45. The molecule has 0 aliphatic heterocycles. The zero-order valence-electron chi connectivity index (χ0n) is 10.8. The Morgan fingerprint density at radius 2 is 2.28 bits per heavy atom. The maximum atomic E-state index is 11.8. The molecule has 1 unspecified atom stereocenters. The molecule has 2 rings (SSSR count). The van der Waals surface area contributed by atoms with Gasteiger partial charge in [-0.2, -0.15) is 5.10 Å². The number of aromatic nitrogens is 3. The highest BCUT2D eigenvalue weighted by molar-refractivity contribution is 5.75. The van der Waals surface area contributed by atoms with Gasteiger partial charge in [0, 0.05) is 6.04 Å². The molecule has 6 heteroatoms. The first-order chi connectivity index (χ1) is 8.65. The van der Waals surface area contributed by atoms with Crippen LogP contribution in [-0.2, 0) is 11.3 Å². The van der Waals surface area contributed by atoms with Crippen LogP contribution in [0, 0.1) is 0 Å². The van der Waals surface area contributed by atoms with E-state index in [1.807, 2.05) is 6.92 Å². The zero-order chi connectivity index (χ0) is 13.0. The van der Waals surface area contributed by atoms with Crippen LogP contribution in [-0.4, -0.2) is 26.7 Å². The molecule has 6 nitrogen and oxygen atoms in total. The van der Waals surface area contributed by atoms with Gasteiger partial charge in [-0.05, 0) is 19.8 Å². The number of nitrogens with zero attached hydrogens (tertiary/aromatic N) is 3. The number of rotatable bonds is 4. The van der Waals surface area contributed by atoms with Crippen LogP contribution in [0.4, 0.5) is 0 Å². The minimum atomic E-state index is -0.201. The Morgan fingerprint density at radius 3 is 2.89 bits per heavy atom. The van der Waals surface area contributed by atoms with Crippen molar-refractivity contribution >= 4 is 5.91 Å². The van der Waals surface area contributed by atoms with Crippen molar-refractivity contribution in [1.29, 1.82) is 0 Å². The molecule has 1 fully saturated rings. The molecule has 1 amide bonds. The van der Waals surface area contributed by atoms with Gasteiger partial charge in [0.1, 0.15) is 12.9 Å². The van der Waals surface area contributed by atoms with Gasteiger partial charge >= 0.3 is 0 Å². The van der Waals surface area contributed by atoms with Gasteiger partial charge in [0.2, 0.25) is 5.91 Å². The molecule has 18 heavy (non-hydrogen) atoms. The predicted molar refractivity (Wildman–Crippen MR) is 67.6 cm³/mol. The molecule has 0 radical (unpaired) electrons. The smallest absolute Gasteiger partial charge is 0.242 e. The van der Waals surface area contributed by atoms with Crippen LogP contribution in [0.15, 0.2) is 6.33 Å². The van der Waals surface area contributed by atoms with E-state index < -0.39 is 0 Å². The second-order valence-corrected chi connectivity index (χ2v) is 4.99. The van der Waals surface area contributed by atoms with E-state index in [9.17, 15) is 4.79 Å². The fourth-order valence-corrected chi connectivity index (χ4v) is 2.26. The summed E-state index contributed by atoms with van der Waals surface area (Å²) in [7, 11) is 0. The molecule has 0 saturated heterocycles. The first kappa shape index (κ1) is 13.0. The minimum absolute atomic E-state index is 0.00280. The van der Waals surface area contributed by atoms with E-state index >= 15 is 0 Å². The maximum Gasteiger partial charge on any atom is 0.242 e. The van der Waals surface area contributed by atoms with Gasteiger partial charge in [-0.3, -0.25) is 4.79 Å². The van der Waals surface area contributed by atoms with Crippen molar-refractivity contribution in [2.24, 2.45) is 5.73 Å². The molecule has 100 valence electrons. The first-order valence-corrected chi connectivity index (χ1v) is 6.59. The molecule has 3 N–H and O–H groups in total. The summed E-state index contributed by atoms with van der Waals surface area (Å²) in [4.78, 5) is 15.9. The van der Waals surface area contributed by atoms with Gasteiger partial charge in [0.25, 0.3) is 0 Å². The topological polar surface area (TPSA) is 85.8 Å². The summed E-state index contributed by atoms with van der Waals surface area (Å²) in [5, 5.41) is 7.21. The molecular formula is C12H21N5O. The van der Waals surface area contributed by atoms with E-state index in [4.69, 9.17) is 5.73 Å². The van der Waals surface area contributed by atoms with Crippen LogP contribution in [0.3, 0.4) is 0 Å². The normalized spacial score (nSPS) is 18.6. The fraction of sp³-hybridized carbons (Fsp3) is 0.750. The molecule has 1 aromatic rings. The maximum absolute atomic E-state index is 11.8. The van der Waals surface area contributed by atoms with Gasteiger partial charge in [0.15, 0.2) is 5.82 Å². The SMILES string of the molecule is CC(N)c1ncn(CC(=O)NC2CCCCC2)n1. The molecule has 0 aromatic carbocycles. The largest absolute Gasteiger partial charge is 0.352 e. The lowest BCUT2D eigenvalue weighted by atomic mass is 9.95. The lowest BCUT2D eigenvalue weighted by Crippen LogP contribution is -2.38. The molecule has 0 spiro atoms. The summed E-state index contributed by atoms with van der Waals surface area (Å²) in [5.41, 5.74) is 5.67. The van der Waals surface area contributed by atoms with Crippen molar-refractivity contribution in [3.05, 3.63) is 12.2 Å². The number of carbonyl (C=O) groups excluding carboxylic acids is 1. The number of nitrogens with one attached hydrogen (secondary N) is 1. The van der Waals surface area contributed by atoms with Gasteiger partial charge in [0.05, 0.1) is 6.04 Å². The Balaban J connectivity index is 1.82. The van der Waals surface area contributed by atoms with Gasteiger partial charge in [-0.1, -0.05) is 19.3 Å². The van der Waals surface area contributed by atoms with Crippen molar-refractivity contribution in [3.63, 3.8) is 0 Å². The lowest BCUT2D eigenvalue weighted by Gasteiger charge is -2.22. The van der Waals surface area contributed by atoms with Crippen LogP contribution in [0.5, 0.6) is 0 Å². The zero-order valence-corrected chi connectivity index (χ0v) is 10.8. The first-order valence-electron chi connectivity index (χ1n) is 6.59. The van der Waals surface area contributed by atoms with Crippen LogP contribution < -0.4 is 11.1 Å². The van der Waals surface area contributed by atoms with E-state index in [0.717, 1.165) is 12.8 Å². The van der Waals surface area contributed by atoms with Crippen molar-refractivity contribution in [2.75, 3.05) is 0 Å². The second-order valence-electron chi connectivity index (χ2n) is 4.99. The molecule has 1 atom stereocenters. The Labute approximate surface area is 107 Å². The monoisotopic (exact) mass is 251 g/mol. The quantitative estimate of drug-likeness (QED) is 0.826. The molecule has 0 bridgehead atoms. The molecule has 1 aliphatic rings. The number of carbonyl (C=O) groups is 1. The summed E-state index contributed by atoms with van der Waals surface area (Å²) < 4.78 is 1.54. The third-order valence-electron chi connectivity index (χ3n) is 3.24. The van der Waals surface area contributed by atoms with E-state index in [-0.39, 0.29) is 18.5 Å². The van der Waals surface area contributed by atoms with Crippen LogP contribution in [0.1, 0.15) is 50.9 Å². The molecule has 1 saturated carbocycles. The summed E-state index contributed by atoms with van der Waals surface area (Å²) in [6.45, 7) is 2.04. The second kappa shape index (κ2) is 5.95. The number of hydrogen-bond acceptors (Lipinski definition) is 4. The Bertz CT molecular complexity index is 395. The van der Waals surface area contributed by atoms with Crippen molar-refractivity contribution in [2.45, 2.75) is 57.7 Å². The summed E-state index contributed by atoms with van der Waals surface area (Å²) in [5.74, 6) is 0.573. The molecule has 1 aliphatic carbocycles. The number of hydrogen-bond donors (Lipinski definition) is 2. The third kappa shape index (κ3) is 3.53. The molecular weight excluding hydrogens is 230 g/mol. The van der Waals surface area contributed by atoms with Gasteiger partial charge < -0.3 is 11.1 Å². The summed E-state index contributed by atoms with van der Waals surface area (Å²) >= 11 is 0. The number of nitrogens with two attached hydrogens (primary N) is 1. The average molecular weight is 251 g/mol. The van der Waals surface area contributed by atoms with Crippen LogP contribution in [0.2, 0.25) is 0 Å². The van der Waals surface area contributed by atoms with Crippen LogP contribution >= 0.6 is 0 Å². The van der Waals surface area contributed by atoms with Crippen molar-refractivity contribution in [1.82, 2.24) is 20.1 Å². The minimum Gasteiger partial charge on any atom is -0.352 e. The Kier molecular flexibility index (Phi) is 4.30. The standard InChI is InChI=1S/C12H21N5O/c1-9(13)12-14-8-17(16-12)7-11(18)15-10-5-3-2-4-6-10/h8-10H,2-7,13H2,1H3,(H,15,18). The Hall–Kier alpha value is -1.43. The third-order valence-corrected chi connectivity index (χ3v) is 3.24. The summed E-state index contributed by atoms with van der Waals surface area (Å²) in [6, 6.07) is 0.135.